The Balaban J connectivity index is 0.000000151. The Morgan fingerprint density at radius 1 is 0.254 bits per heavy atom. The molecule has 0 saturated carbocycles. The molecule has 0 saturated heterocycles. The van der Waals surface area contributed by atoms with Gasteiger partial charge in [-0.3, -0.25) is 9.97 Å². The third kappa shape index (κ3) is 6.80. The van der Waals surface area contributed by atoms with E-state index in [0.717, 1.165) is 65.6 Å². The third-order valence-corrected chi connectivity index (χ3v) is 12.1. The van der Waals surface area contributed by atoms with Crippen molar-refractivity contribution in [3.63, 3.8) is 0 Å². The quantitative estimate of drug-likeness (QED) is 0.122. The molecule has 11 heteroatoms. The number of fused-ring (bicyclic) bond motifs is 23. The van der Waals surface area contributed by atoms with Gasteiger partial charge in [0.05, 0.1) is 34.3 Å². The Hall–Kier alpha value is -8.76. The van der Waals surface area contributed by atoms with Crippen molar-refractivity contribution in [3.05, 3.63) is 194 Å². The van der Waals surface area contributed by atoms with Crippen LogP contribution in [0.3, 0.4) is 0 Å². The second-order valence-electron chi connectivity index (χ2n) is 16.0. The molecule has 14 rings (SSSR count). The first-order chi connectivity index (χ1) is 32.7. The first kappa shape index (κ1) is 39.8. The molecule has 0 unspecified atom stereocenters. The van der Waals surface area contributed by atoms with Gasteiger partial charge in [0.2, 0.25) is 0 Å². The summed E-state index contributed by atoms with van der Waals surface area (Å²) in [6.45, 7) is 0. The molecular weight excluding hydrogens is 876 g/mol. The van der Waals surface area contributed by atoms with Crippen LogP contribution in [-0.2, 0) is 17.1 Å². The summed E-state index contributed by atoms with van der Waals surface area (Å²) in [5.74, 6) is 2.21. The largest absolute Gasteiger partial charge is 2.00 e. The Morgan fingerprint density at radius 2 is 0.552 bits per heavy atom. The maximum atomic E-state index is 4.95. The molecule has 0 N–H and O–H groups in total. The van der Waals surface area contributed by atoms with Crippen molar-refractivity contribution in [2.24, 2.45) is 0 Å². The molecule has 12 aromatic rings. The summed E-state index contributed by atoms with van der Waals surface area (Å²) in [7, 11) is 0. The molecule has 0 spiro atoms. The van der Waals surface area contributed by atoms with Crippen LogP contribution in [0, 0.1) is 0 Å². The van der Waals surface area contributed by atoms with E-state index in [2.05, 4.69) is 82.8 Å². The third-order valence-electron chi connectivity index (χ3n) is 12.1. The molecule has 317 valence electrons. The van der Waals surface area contributed by atoms with Gasteiger partial charge < -0.3 is 29.9 Å². The smallest absolute Gasteiger partial charge is 0.357 e. The van der Waals surface area contributed by atoms with Crippen LogP contribution in [-0.4, -0.2) is 39.9 Å². The Morgan fingerprint density at radius 3 is 0.881 bits per heavy atom. The number of hydrogen-bond acceptors (Lipinski definition) is 8. The van der Waals surface area contributed by atoms with Crippen molar-refractivity contribution in [2.75, 3.05) is 0 Å². The van der Waals surface area contributed by atoms with Crippen molar-refractivity contribution >= 4 is 65.9 Å². The van der Waals surface area contributed by atoms with Crippen LogP contribution in [0.15, 0.2) is 194 Å². The SMILES string of the molecule is [Cu+2].c1ccc(-c2ccnc3c2ccc2c(-c4ccccc4)ccnc23)cc1.c1ccc2c(c1)-c1nc-2nc2[n-]c(nc3nc(nc4[n-]c(n1)c1ccccc41)-c1ccccc1-3)c1ccccc21. The van der Waals surface area contributed by atoms with E-state index in [1.54, 1.807) is 0 Å². The fourth-order valence-corrected chi connectivity index (χ4v) is 9.03. The molecule has 8 bridgehead atoms. The molecule has 2 aliphatic rings. The Labute approximate surface area is 393 Å². The van der Waals surface area contributed by atoms with Crippen molar-refractivity contribution in [2.45, 2.75) is 0 Å². The van der Waals surface area contributed by atoms with Gasteiger partial charge >= 0.3 is 17.1 Å². The maximum absolute atomic E-state index is 4.95. The molecule has 0 amide bonds. The summed E-state index contributed by atoms with van der Waals surface area (Å²) in [6, 6.07) is 61.2. The first-order valence-corrected chi connectivity index (χ1v) is 21.6. The van der Waals surface area contributed by atoms with E-state index >= 15 is 0 Å². The number of benzene rings is 7. The van der Waals surface area contributed by atoms with Gasteiger partial charge in [-0.2, -0.15) is 0 Å². The zero-order chi connectivity index (χ0) is 43.6. The standard InChI is InChI=1S/C32H16N8.C24H16N2.Cu/c1-2-10-18-17(9-1)25-33-26(18)38-28-21-13-5-6-14-22(21)30(35-28)40-32-24-16-8-7-15-23(24)31(36-32)39-29-20-12-4-3-11-19(20)27(34-29)37-25;1-3-7-17(8-4-1)19-13-15-25-23-21(19)11-12-22-20(14-16-26-24(22)23)18-9-5-2-6-10-18;/h1-16H;1-16H;/q-2;;+2. The van der Waals surface area contributed by atoms with E-state index < -0.39 is 0 Å². The van der Waals surface area contributed by atoms with Crippen molar-refractivity contribution in [3.8, 4) is 67.8 Å². The molecule has 1 radical (unpaired) electrons. The average Bonchev–Trinajstić information content (AvgIpc) is 4.13. The second-order valence-corrected chi connectivity index (χ2v) is 16.0. The Bertz CT molecular complexity index is 3660. The monoisotopic (exact) mass is 907 g/mol. The molecule has 5 aromatic heterocycles. The zero-order valence-corrected chi connectivity index (χ0v) is 36.2. The zero-order valence-electron chi connectivity index (χ0n) is 35.2. The van der Waals surface area contributed by atoms with E-state index in [-0.39, 0.29) is 17.1 Å². The summed E-state index contributed by atoms with van der Waals surface area (Å²) in [5.41, 5.74) is 12.4. The van der Waals surface area contributed by atoms with Crippen LogP contribution in [0.1, 0.15) is 0 Å². The molecule has 10 nitrogen and oxygen atoms in total. The number of hydrogen-bond donors (Lipinski definition) is 0. The molecule has 0 aliphatic carbocycles. The number of nitrogens with zero attached hydrogens (tertiary/aromatic N) is 10. The first-order valence-electron chi connectivity index (χ1n) is 21.6. The van der Waals surface area contributed by atoms with Crippen molar-refractivity contribution < 1.29 is 17.1 Å². The molecule has 7 aromatic carbocycles. The van der Waals surface area contributed by atoms with E-state index in [1.165, 1.54) is 22.3 Å². The second kappa shape index (κ2) is 16.3. The van der Waals surface area contributed by atoms with Gasteiger partial charge in [-0.25, -0.2) is 9.97 Å². The summed E-state index contributed by atoms with van der Waals surface area (Å²) in [5, 5.41) is 5.83. The fraction of sp³-hybridized carbons (Fsp3) is 0. The topological polar surface area (TPSA) is 131 Å². The molecule has 0 fully saturated rings. The van der Waals surface area contributed by atoms with Gasteiger partial charge in [0.15, 0.2) is 0 Å². The van der Waals surface area contributed by atoms with Gasteiger partial charge in [0.1, 0.15) is 0 Å². The maximum Gasteiger partial charge on any atom is 2.00 e. The minimum absolute atomic E-state index is 0. The minimum Gasteiger partial charge on any atom is -0.357 e. The van der Waals surface area contributed by atoms with Gasteiger partial charge in [-0.1, -0.05) is 170 Å². The van der Waals surface area contributed by atoms with E-state index in [4.69, 9.17) is 39.9 Å². The summed E-state index contributed by atoms with van der Waals surface area (Å²) in [4.78, 5) is 48.6. The van der Waals surface area contributed by atoms with Crippen LogP contribution in [0.2, 0.25) is 0 Å². The predicted octanol–water partition coefficient (Wildman–Crippen LogP) is 12.2. The number of rotatable bonds is 2. The van der Waals surface area contributed by atoms with Crippen LogP contribution in [0.25, 0.3) is 134 Å². The van der Waals surface area contributed by atoms with Crippen LogP contribution < -0.4 is 9.97 Å². The van der Waals surface area contributed by atoms with Crippen LogP contribution in [0.5, 0.6) is 0 Å². The fourth-order valence-electron chi connectivity index (χ4n) is 9.03. The summed E-state index contributed by atoms with van der Waals surface area (Å²) >= 11 is 0. The molecular formula is C56H32CuN10. The van der Waals surface area contributed by atoms with Gasteiger partial charge in [0, 0.05) is 68.0 Å². The average molecular weight is 908 g/mol. The summed E-state index contributed by atoms with van der Waals surface area (Å²) in [6.07, 6.45) is 3.75. The van der Waals surface area contributed by atoms with E-state index in [0.29, 0.717) is 45.9 Å². The predicted molar refractivity (Wildman–Crippen MR) is 262 cm³/mol. The van der Waals surface area contributed by atoms with Crippen molar-refractivity contribution in [1.29, 1.82) is 0 Å². The minimum atomic E-state index is 0. The number of pyridine rings is 2. The van der Waals surface area contributed by atoms with Crippen LogP contribution in [0.4, 0.5) is 0 Å². The normalized spacial score (nSPS) is 11.5. The molecule has 0 atom stereocenters. The molecule has 7 heterocycles. The van der Waals surface area contributed by atoms with Gasteiger partial charge in [-0.05, 0) is 55.9 Å². The van der Waals surface area contributed by atoms with E-state index in [9.17, 15) is 0 Å². The number of aromatic nitrogens is 10. The van der Waals surface area contributed by atoms with Crippen molar-refractivity contribution in [1.82, 2.24) is 49.8 Å². The van der Waals surface area contributed by atoms with Crippen LogP contribution >= 0.6 is 0 Å². The summed E-state index contributed by atoms with van der Waals surface area (Å²) < 4.78 is 0. The van der Waals surface area contributed by atoms with Gasteiger partial charge in [-0.15, -0.1) is 0 Å². The molecule has 2 aliphatic heterocycles. The van der Waals surface area contributed by atoms with Gasteiger partial charge in [0.25, 0.3) is 0 Å². The molecule has 67 heavy (non-hydrogen) atoms. The Kier molecular flexibility index (Phi) is 9.71. The van der Waals surface area contributed by atoms with E-state index in [1.807, 2.05) is 122 Å².